The van der Waals surface area contributed by atoms with Gasteiger partial charge in [0.05, 0.1) is 12.2 Å². The lowest BCUT2D eigenvalue weighted by Gasteiger charge is -2.11. The lowest BCUT2D eigenvalue weighted by molar-refractivity contribution is -0.118. The highest BCUT2D eigenvalue weighted by molar-refractivity contribution is 5.95. The molecule has 2 heterocycles. The minimum Gasteiger partial charge on any atom is -0.457 e. The Morgan fingerprint density at radius 3 is 2.08 bits per heavy atom. The second-order valence-corrected chi connectivity index (χ2v) is 6.60. The molecule has 0 bridgehead atoms. The van der Waals surface area contributed by atoms with E-state index in [2.05, 4.69) is 26.0 Å². The van der Waals surface area contributed by atoms with Gasteiger partial charge in [-0.3, -0.25) is 0 Å². The van der Waals surface area contributed by atoms with Crippen LogP contribution in [0.2, 0.25) is 0 Å². The Labute approximate surface area is 156 Å². The molecule has 1 unspecified atom stereocenters. The van der Waals surface area contributed by atoms with Crippen LogP contribution in [0, 0.1) is 27.7 Å². The highest BCUT2D eigenvalue weighted by Gasteiger charge is 2.26. The topological polar surface area (TPSA) is 44.8 Å². The minimum atomic E-state index is -0.175. The summed E-state index contributed by atoms with van der Waals surface area (Å²) in [5.41, 5.74) is 9.05. The van der Waals surface area contributed by atoms with Crippen LogP contribution in [0.3, 0.4) is 0 Å². The number of ether oxygens (including phenoxy) is 3. The molecule has 0 amide bonds. The zero-order chi connectivity index (χ0) is 18.1. The average molecular weight is 356 g/mol. The van der Waals surface area contributed by atoms with Crippen LogP contribution in [-0.2, 0) is 27.4 Å². The summed E-state index contributed by atoms with van der Waals surface area (Å²) in [6, 6.07) is 8.24. The van der Waals surface area contributed by atoms with Gasteiger partial charge in [0.25, 0.3) is 0 Å². The zero-order valence-corrected chi connectivity index (χ0v) is 15.4. The number of aryl methyl sites for hydroxylation is 4. The number of hydrogen-bond acceptors (Lipinski definition) is 4. The Bertz CT molecular complexity index is 823. The lowest BCUT2D eigenvalue weighted by atomic mass is 9.99. The van der Waals surface area contributed by atoms with Crippen LogP contribution in [0.25, 0.3) is 0 Å². The van der Waals surface area contributed by atoms with Gasteiger partial charge in [0.2, 0.25) is 0 Å². The lowest BCUT2D eigenvalue weighted by Crippen LogP contribution is -2.00. The quantitative estimate of drug-likeness (QED) is 0.668. The Hall–Kier alpha value is -2.17. The van der Waals surface area contributed by atoms with E-state index in [1.807, 2.05) is 26.0 Å². The molecule has 0 saturated carbocycles. The van der Waals surface area contributed by atoms with E-state index in [4.69, 9.17) is 14.2 Å². The molecule has 26 heavy (non-hydrogen) atoms. The van der Waals surface area contributed by atoms with Crippen molar-refractivity contribution >= 4 is 5.97 Å². The maximum Gasteiger partial charge on any atom is 0.339 e. The molecule has 0 N–H and O–H groups in total. The first-order valence-corrected chi connectivity index (χ1v) is 8.43. The maximum atomic E-state index is 11.2. The summed E-state index contributed by atoms with van der Waals surface area (Å²) >= 11 is 0. The first-order chi connectivity index (χ1) is 11.9. The van der Waals surface area contributed by atoms with E-state index >= 15 is 0 Å². The molecule has 2 aliphatic heterocycles. The highest BCUT2D eigenvalue weighted by Crippen LogP contribution is 2.35. The number of esters is 1. The normalized spacial score (nSPS) is 16.8. The molecule has 2 aliphatic rings. The predicted octanol–water partition coefficient (Wildman–Crippen LogP) is 5.09. The summed E-state index contributed by atoms with van der Waals surface area (Å²) in [4.78, 5) is 11.2. The van der Waals surface area contributed by atoms with Gasteiger partial charge in [-0.2, -0.15) is 0 Å². The average Bonchev–Trinajstić information content (AvgIpc) is 3.20. The number of methoxy groups -OCH3 is 1. The van der Waals surface area contributed by atoms with E-state index < -0.39 is 0 Å². The van der Waals surface area contributed by atoms with Crippen molar-refractivity contribution in [1.29, 1.82) is 0 Å². The predicted molar refractivity (Wildman–Crippen MR) is 102 cm³/mol. The van der Waals surface area contributed by atoms with Crippen molar-refractivity contribution in [2.24, 2.45) is 0 Å². The summed E-state index contributed by atoms with van der Waals surface area (Å²) in [6.07, 6.45) is -0.157. The molecular formula is C22H28O4. The Morgan fingerprint density at radius 1 is 0.885 bits per heavy atom. The van der Waals surface area contributed by atoms with Gasteiger partial charge in [-0.15, -0.1) is 0 Å². The molecule has 0 radical (unpaired) electrons. The standard InChI is InChI=1S/C11H14O2.C10H10O2.CH4/c1-7-4-5-8(2)10-9(7)6-13-11(10)12-3;1-6-3-4-7(2)9-8(6)5-12-10(9)11;/h4-5,11H,6H2,1-3H3;3-4H,5H2,1-2H3;1H4. The van der Waals surface area contributed by atoms with Crippen molar-refractivity contribution < 1.29 is 19.0 Å². The van der Waals surface area contributed by atoms with Crippen LogP contribution < -0.4 is 0 Å². The second-order valence-electron chi connectivity index (χ2n) is 6.60. The molecule has 4 rings (SSSR count). The fraction of sp³-hybridized carbons (Fsp3) is 0.409. The largest absolute Gasteiger partial charge is 0.457 e. The molecule has 2 aromatic carbocycles. The van der Waals surface area contributed by atoms with E-state index in [9.17, 15) is 4.79 Å². The number of hydrogen-bond donors (Lipinski definition) is 0. The van der Waals surface area contributed by atoms with E-state index in [1.54, 1.807) is 7.11 Å². The van der Waals surface area contributed by atoms with Crippen molar-refractivity contribution in [3.8, 4) is 0 Å². The number of carbonyl (C=O) groups is 1. The van der Waals surface area contributed by atoms with E-state index in [0.29, 0.717) is 13.2 Å². The van der Waals surface area contributed by atoms with Crippen molar-refractivity contribution in [1.82, 2.24) is 0 Å². The van der Waals surface area contributed by atoms with Gasteiger partial charge < -0.3 is 14.2 Å². The molecule has 0 aliphatic carbocycles. The van der Waals surface area contributed by atoms with Gasteiger partial charge in [-0.05, 0) is 55.5 Å². The third kappa shape index (κ3) is 3.53. The molecule has 0 aromatic heterocycles. The Balaban J connectivity index is 0.000000180. The second kappa shape index (κ2) is 8.02. The molecule has 0 saturated heterocycles. The maximum absolute atomic E-state index is 11.2. The SMILES string of the molecule is C.COC1OCc2c(C)ccc(C)c21.Cc1ccc(C)c2c1COC2=O. The van der Waals surface area contributed by atoms with Gasteiger partial charge in [-0.1, -0.05) is 31.7 Å². The number of benzene rings is 2. The van der Waals surface area contributed by atoms with Crippen LogP contribution >= 0.6 is 0 Å². The van der Waals surface area contributed by atoms with Crippen molar-refractivity contribution in [3.63, 3.8) is 0 Å². The summed E-state index contributed by atoms with van der Waals surface area (Å²) in [5, 5.41) is 0. The fourth-order valence-corrected chi connectivity index (χ4v) is 3.39. The molecule has 0 spiro atoms. The van der Waals surface area contributed by atoms with Crippen molar-refractivity contribution in [2.45, 2.75) is 54.6 Å². The van der Waals surface area contributed by atoms with Crippen LogP contribution in [-0.4, -0.2) is 13.1 Å². The molecule has 4 heteroatoms. The summed E-state index contributed by atoms with van der Waals surface area (Å²) in [5.74, 6) is -0.175. The van der Waals surface area contributed by atoms with Gasteiger partial charge in [-0.25, -0.2) is 4.79 Å². The van der Waals surface area contributed by atoms with Crippen LogP contribution in [0.1, 0.15) is 63.0 Å². The Morgan fingerprint density at radius 2 is 1.46 bits per heavy atom. The smallest absolute Gasteiger partial charge is 0.339 e. The van der Waals surface area contributed by atoms with Crippen LogP contribution in [0.4, 0.5) is 0 Å². The van der Waals surface area contributed by atoms with Crippen molar-refractivity contribution in [3.05, 3.63) is 68.8 Å². The molecule has 1 atom stereocenters. The van der Waals surface area contributed by atoms with E-state index in [-0.39, 0.29) is 19.7 Å². The zero-order valence-electron chi connectivity index (χ0n) is 15.4. The van der Waals surface area contributed by atoms with Gasteiger partial charge >= 0.3 is 5.97 Å². The summed E-state index contributed by atoms with van der Waals surface area (Å²) in [7, 11) is 1.68. The van der Waals surface area contributed by atoms with Gasteiger partial charge in [0.1, 0.15) is 6.61 Å². The van der Waals surface area contributed by atoms with Crippen molar-refractivity contribution in [2.75, 3.05) is 7.11 Å². The fourth-order valence-electron chi connectivity index (χ4n) is 3.39. The van der Waals surface area contributed by atoms with E-state index in [1.165, 1.54) is 22.3 Å². The summed E-state index contributed by atoms with van der Waals surface area (Å²) in [6.45, 7) is 9.27. The molecule has 0 fully saturated rings. The number of cyclic esters (lactones) is 1. The molecular weight excluding hydrogens is 328 g/mol. The van der Waals surface area contributed by atoms with Gasteiger partial charge in [0.15, 0.2) is 6.29 Å². The minimum absolute atomic E-state index is 0. The third-order valence-corrected chi connectivity index (χ3v) is 4.95. The van der Waals surface area contributed by atoms with E-state index in [0.717, 1.165) is 22.3 Å². The first-order valence-electron chi connectivity index (χ1n) is 8.43. The monoisotopic (exact) mass is 356 g/mol. The number of rotatable bonds is 1. The summed E-state index contributed by atoms with van der Waals surface area (Å²) < 4.78 is 15.7. The van der Waals surface area contributed by atoms with Gasteiger partial charge in [0, 0.05) is 18.2 Å². The Kier molecular flexibility index (Phi) is 6.21. The molecule has 140 valence electrons. The van der Waals surface area contributed by atoms with Crippen LogP contribution in [0.15, 0.2) is 24.3 Å². The highest BCUT2D eigenvalue weighted by atomic mass is 16.7. The number of fused-ring (bicyclic) bond motifs is 2. The first kappa shape index (κ1) is 20.1. The third-order valence-electron chi connectivity index (χ3n) is 4.95. The molecule has 4 nitrogen and oxygen atoms in total. The number of carbonyl (C=O) groups excluding carboxylic acids is 1. The molecule has 2 aromatic rings. The van der Waals surface area contributed by atoms with Crippen LogP contribution in [0.5, 0.6) is 0 Å².